The molecule has 2 aromatic carbocycles. The molecule has 0 unspecified atom stereocenters. The van der Waals surface area contributed by atoms with Gasteiger partial charge in [0.15, 0.2) is 0 Å². The summed E-state index contributed by atoms with van der Waals surface area (Å²) in [6, 6.07) is 8.81. The molecule has 3 nitrogen and oxygen atoms in total. The van der Waals surface area contributed by atoms with Gasteiger partial charge < -0.3 is 10.5 Å². The molecule has 0 saturated heterocycles. The van der Waals surface area contributed by atoms with Crippen molar-refractivity contribution in [2.24, 2.45) is 5.73 Å². The van der Waals surface area contributed by atoms with E-state index in [1.54, 1.807) is 12.1 Å². The van der Waals surface area contributed by atoms with Crippen molar-refractivity contribution in [3.8, 4) is 5.75 Å². The molecule has 0 amide bonds. The van der Waals surface area contributed by atoms with E-state index >= 15 is 0 Å². The van der Waals surface area contributed by atoms with E-state index in [-0.39, 0.29) is 18.3 Å². The zero-order valence-electron chi connectivity index (χ0n) is 10.3. The molecule has 0 spiro atoms. The lowest BCUT2D eigenvalue weighted by Crippen LogP contribution is -2.10. The van der Waals surface area contributed by atoms with E-state index < -0.39 is 0 Å². The van der Waals surface area contributed by atoms with Crippen molar-refractivity contribution < 1.29 is 9.13 Å². The Hall–Kier alpha value is -1.78. The Morgan fingerprint density at radius 2 is 1.90 bits per heavy atom. The fourth-order valence-electron chi connectivity index (χ4n) is 1.59. The van der Waals surface area contributed by atoms with Crippen LogP contribution in [0.2, 0.25) is 10.0 Å². The molecular formula is C14H11Cl2FN2O. The lowest BCUT2D eigenvalue weighted by Gasteiger charge is -2.10. The second-order valence-corrected chi connectivity index (χ2v) is 4.90. The van der Waals surface area contributed by atoms with Crippen LogP contribution in [0.5, 0.6) is 5.75 Å². The highest BCUT2D eigenvalue weighted by atomic mass is 35.5. The van der Waals surface area contributed by atoms with Crippen LogP contribution in [0.25, 0.3) is 0 Å². The van der Waals surface area contributed by atoms with E-state index in [0.29, 0.717) is 26.9 Å². The van der Waals surface area contributed by atoms with Crippen molar-refractivity contribution in [2.45, 2.75) is 6.61 Å². The van der Waals surface area contributed by atoms with Crippen LogP contribution in [0.15, 0.2) is 36.4 Å². The number of nitrogen functional groups attached to an aromatic ring is 1. The third kappa shape index (κ3) is 3.40. The van der Waals surface area contributed by atoms with Gasteiger partial charge in [-0.3, -0.25) is 5.41 Å². The number of nitrogens with one attached hydrogen (secondary N) is 1. The quantitative estimate of drug-likeness (QED) is 0.662. The second kappa shape index (κ2) is 6.11. The summed E-state index contributed by atoms with van der Waals surface area (Å²) in [5, 5.41) is 8.05. The standard InChI is InChI=1S/C14H11Cl2FN2O/c15-11-3-2-10(17)5-9(11)7-20-13-4-1-8(14(18)19)6-12(13)16/h1-6H,7H2,(H3,18,19). The molecule has 0 fully saturated rings. The van der Waals surface area contributed by atoms with Gasteiger partial charge in [0.05, 0.1) is 5.02 Å². The number of nitrogens with two attached hydrogens (primary N) is 1. The molecule has 0 radical (unpaired) electrons. The molecule has 6 heteroatoms. The second-order valence-electron chi connectivity index (χ2n) is 4.08. The van der Waals surface area contributed by atoms with E-state index in [2.05, 4.69) is 0 Å². The molecule has 0 aliphatic rings. The van der Waals surface area contributed by atoms with Gasteiger partial charge in [-0.25, -0.2) is 4.39 Å². The first-order chi connectivity index (χ1) is 9.47. The Bertz CT molecular complexity index is 662. The number of halogens is 3. The smallest absolute Gasteiger partial charge is 0.138 e. The lowest BCUT2D eigenvalue weighted by molar-refractivity contribution is 0.306. The van der Waals surface area contributed by atoms with Crippen molar-refractivity contribution in [1.82, 2.24) is 0 Å². The van der Waals surface area contributed by atoms with Gasteiger partial charge in [-0.1, -0.05) is 23.2 Å². The summed E-state index contributed by atoms with van der Waals surface area (Å²) in [4.78, 5) is 0. The highest BCUT2D eigenvalue weighted by molar-refractivity contribution is 6.32. The highest BCUT2D eigenvalue weighted by Gasteiger charge is 2.07. The average Bonchev–Trinajstić information content (AvgIpc) is 2.40. The van der Waals surface area contributed by atoms with Gasteiger partial charge >= 0.3 is 0 Å². The van der Waals surface area contributed by atoms with E-state index in [9.17, 15) is 4.39 Å². The van der Waals surface area contributed by atoms with Crippen LogP contribution in [0.4, 0.5) is 4.39 Å². The molecule has 3 N–H and O–H groups in total. The van der Waals surface area contributed by atoms with Gasteiger partial charge in [-0.2, -0.15) is 0 Å². The molecule has 0 atom stereocenters. The van der Waals surface area contributed by atoms with Crippen LogP contribution in [0.3, 0.4) is 0 Å². The largest absolute Gasteiger partial charge is 0.487 e. The van der Waals surface area contributed by atoms with E-state index in [0.717, 1.165) is 0 Å². The molecule has 104 valence electrons. The summed E-state index contributed by atoms with van der Waals surface area (Å²) in [7, 11) is 0. The van der Waals surface area contributed by atoms with Crippen molar-refractivity contribution in [3.63, 3.8) is 0 Å². The summed E-state index contributed by atoms with van der Waals surface area (Å²) >= 11 is 12.0. The zero-order valence-corrected chi connectivity index (χ0v) is 11.8. The minimum Gasteiger partial charge on any atom is -0.487 e. The monoisotopic (exact) mass is 312 g/mol. The van der Waals surface area contributed by atoms with Crippen LogP contribution in [0.1, 0.15) is 11.1 Å². The molecule has 0 saturated carbocycles. The predicted octanol–water partition coefficient (Wildman–Crippen LogP) is 4.00. The van der Waals surface area contributed by atoms with Crippen molar-refractivity contribution >= 4 is 29.0 Å². The fourth-order valence-corrected chi connectivity index (χ4v) is 2.00. The molecule has 2 aromatic rings. The summed E-state index contributed by atoms with van der Waals surface area (Å²) in [5.41, 5.74) is 6.39. The number of benzene rings is 2. The third-order valence-corrected chi connectivity index (χ3v) is 3.30. The Morgan fingerprint density at radius 1 is 1.15 bits per heavy atom. The summed E-state index contributed by atoms with van der Waals surface area (Å²) in [6.07, 6.45) is 0. The van der Waals surface area contributed by atoms with Gasteiger partial charge in [0.2, 0.25) is 0 Å². The summed E-state index contributed by atoms with van der Waals surface area (Å²) in [6.45, 7) is 0.0930. The van der Waals surface area contributed by atoms with Gasteiger partial charge in [0.1, 0.15) is 24.0 Å². The third-order valence-electron chi connectivity index (χ3n) is 2.63. The van der Waals surface area contributed by atoms with E-state index in [4.69, 9.17) is 39.1 Å². The first-order valence-corrected chi connectivity index (χ1v) is 6.43. The number of amidine groups is 1. The van der Waals surface area contributed by atoms with Crippen LogP contribution < -0.4 is 10.5 Å². The lowest BCUT2D eigenvalue weighted by atomic mass is 10.2. The Kier molecular flexibility index (Phi) is 4.47. The SMILES string of the molecule is N=C(N)c1ccc(OCc2cc(F)ccc2Cl)c(Cl)c1. The summed E-state index contributed by atoms with van der Waals surface area (Å²) in [5.74, 6) is -0.0466. The zero-order chi connectivity index (χ0) is 14.7. The van der Waals surface area contributed by atoms with Crippen LogP contribution >= 0.6 is 23.2 Å². The normalized spacial score (nSPS) is 10.3. The van der Waals surface area contributed by atoms with Crippen molar-refractivity contribution in [3.05, 3.63) is 63.4 Å². The topological polar surface area (TPSA) is 59.1 Å². The molecule has 0 aromatic heterocycles. The Balaban J connectivity index is 2.15. The van der Waals surface area contributed by atoms with Gasteiger partial charge in [-0.15, -0.1) is 0 Å². The van der Waals surface area contributed by atoms with Gasteiger partial charge in [-0.05, 0) is 36.4 Å². The van der Waals surface area contributed by atoms with Crippen molar-refractivity contribution in [2.75, 3.05) is 0 Å². The number of ether oxygens (including phenoxy) is 1. The Labute approximate surface area is 125 Å². The molecule has 0 aliphatic carbocycles. The maximum absolute atomic E-state index is 13.1. The number of rotatable bonds is 4. The van der Waals surface area contributed by atoms with E-state index in [1.807, 2.05) is 0 Å². The summed E-state index contributed by atoms with van der Waals surface area (Å²) < 4.78 is 18.6. The molecule has 2 rings (SSSR count). The minimum absolute atomic E-state index is 0.0772. The predicted molar refractivity (Wildman–Crippen MR) is 78.2 cm³/mol. The minimum atomic E-state index is -0.383. The number of hydrogen-bond donors (Lipinski definition) is 2. The van der Waals surface area contributed by atoms with Gasteiger partial charge in [0.25, 0.3) is 0 Å². The van der Waals surface area contributed by atoms with Crippen molar-refractivity contribution in [1.29, 1.82) is 5.41 Å². The van der Waals surface area contributed by atoms with E-state index in [1.165, 1.54) is 24.3 Å². The molecule has 0 heterocycles. The Morgan fingerprint density at radius 3 is 2.55 bits per heavy atom. The van der Waals surface area contributed by atoms with Crippen LogP contribution in [-0.4, -0.2) is 5.84 Å². The van der Waals surface area contributed by atoms with Gasteiger partial charge in [0, 0.05) is 16.1 Å². The fraction of sp³-hybridized carbons (Fsp3) is 0.0714. The molecular weight excluding hydrogens is 302 g/mol. The molecule has 0 aliphatic heterocycles. The highest BCUT2D eigenvalue weighted by Crippen LogP contribution is 2.27. The maximum Gasteiger partial charge on any atom is 0.138 e. The van der Waals surface area contributed by atoms with Crippen LogP contribution in [-0.2, 0) is 6.61 Å². The number of hydrogen-bond acceptors (Lipinski definition) is 2. The maximum atomic E-state index is 13.1. The first-order valence-electron chi connectivity index (χ1n) is 5.68. The molecule has 20 heavy (non-hydrogen) atoms. The first kappa shape index (κ1) is 14.6. The molecule has 0 bridgehead atoms. The average molecular weight is 313 g/mol. The van der Waals surface area contributed by atoms with Crippen LogP contribution in [0, 0.1) is 11.2 Å².